The van der Waals surface area contributed by atoms with Crippen LogP contribution in [0.25, 0.3) is 27.8 Å². The number of pyridine rings is 3. The fraction of sp³-hybridized carbons (Fsp3) is 0.0870. The van der Waals surface area contributed by atoms with Gasteiger partial charge in [0.1, 0.15) is 11.3 Å². The van der Waals surface area contributed by atoms with Gasteiger partial charge in [-0.1, -0.05) is 0 Å². The quantitative estimate of drug-likeness (QED) is 0.296. The molecule has 0 saturated carbocycles. The number of halogens is 4. The van der Waals surface area contributed by atoms with Gasteiger partial charge in [0.05, 0.1) is 42.9 Å². The average Bonchev–Trinajstić information content (AvgIpc) is 3.24. The van der Waals surface area contributed by atoms with Crippen molar-refractivity contribution in [2.24, 2.45) is 0 Å². The molecule has 5 rings (SSSR count). The predicted octanol–water partition coefficient (Wildman–Crippen LogP) is 5.12. The summed E-state index contributed by atoms with van der Waals surface area (Å²) in [6.07, 6.45) is 6.17. The highest BCUT2D eigenvalue weighted by atomic mass is 19.2. The van der Waals surface area contributed by atoms with E-state index in [9.17, 15) is 17.6 Å². The van der Waals surface area contributed by atoms with Crippen LogP contribution < -0.4 is 10.1 Å². The summed E-state index contributed by atoms with van der Waals surface area (Å²) < 4.78 is 62.0. The van der Waals surface area contributed by atoms with Gasteiger partial charge < -0.3 is 10.1 Å². The summed E-state index contributed by atoms with van der Waals surface area (Å²) in [5.74, 6) is -4.40. The van der Waals surface area contributed by atoms with Crippen molar-refractivity contribution >= 4 is 22.4 Å². The van der Waals surface area contributed by atoms with Crippen molar-refractivity contribution < 1.29 is 22.3 Å². The fourth-order valence-corrected chi connectivity index (χ4v) is 3.56. The third kappa shape index (κ3) is 3.69. The number of benzene rings is 1. The number of ether oxygens (including phenoxy) is 1. The first-order valence-corrected chi connectivity index (χ1v) is 9.77. The molecule has 0 unspecified atom stereocenters. The van der Waals surface area contributed by atoms with Crippen LogP contribution in [0.2, 0.25) is 0 Å². The van der Waals surface area contributed by atoms with Gasteiger partial charge in [-0.05, 0) is 29.8 Å². The van der Waals surface area contributed by atoms with Gasteiger partial charge in [-0.15, -0.1) is 0 Å². The minimum atomic E-state index is -1.58. The summed E-state index contributed by atoms with van der Waals surface area (Å²) in [6.45, 7) is 0.239. The first-order chi connectivity index (χ1) is 15.9. The van der Waals surface area contributed by atoms with Crippen LogP contribution in [0.15, 0.2) is 55.1 Å². The molecule has 4 aromatic heterocycles. The summed E-state index contributed by atoms with van der Waals surface area (Å²) >= 11 is 0. The lowest BCUT2D eigenvalue weighted by molar-refractivity contribution is 0.413. The molecule has 1 N–H and O–H groups in total. The van der Waals surface area contributed by atoms with Gasteiger partial charge in [-0.25, -0.2) is 27.5 Å². The normalized spacial score (nSPS) is 11.3. The van der Waals surface area contributed by atoms with Gasteiger partial charge in [-0.2, -0.15) is 0 Å². The third-order valence-electron chi connectivity index (χ3n) is 5.20. The molecule has 0 atom stereocenters. The predicted molar refractivity (Wildman–Crippen MR) is 114 cm³/mol. The smallest absolute Gasteiger partial charge is 0.194 e. The lowest BCUT2D eigenvalue weighted by Crippen LogP contribution is -2.05. The molecule has 0 aliphatic carbocycles. The lowest BCUT2D eigenvalue weighted by Gasteiger charge is -2.11. The number of nitrogens with one attached hydrogen (secondary N) is 1. The van der Waals surface area contributed by atoms with Crippen LogP contribution in [0, 0.1) is 23.3 Å². The molecular formula is C23H15F4N5O. The van der Waals surface area contributed by atoms with Crippen LogP contribution >= 0.6 is 0 Å². The van der Waals surface area contributed by atoms with E-state index in [-0.39, 0.29) is 23.3 Å². The van der Waals surface area contributed by atoms with Crippen LogP contribution in [0.5, 0.6) is 5.75 Å². The second-order valence-electron chi connectivity index (χ2n) is 7.23. The number of rotatable bonds is 5. The number of imidazole rings is 1. The van der Waals surface area contributed by atoms with E-state index in [2.05, 4.69) is 20.3 Å². The van der Waals surface area contributed by atoms with E-state index in [1.807, 2.05) is 0 Å². The Morgan fingerprint density at radius 2 is 1.67 bits per heavy atom. The molecule has 0 fully saturated rings. The maximum Gasteiger partial charge on any atom is 0.194 e. The second kappa shape index (κ2) is 8.05. The zero-order chi connectivity index (χ0) is 23.1. The Hall–Kier alpha value is -4.21. The van der Waals surface area contributed by atoms with Crippen LogP contribution in [-0.2, 0) is 6.54 Å². The molecule has 0 bridgehead atoms. The van der Waals surface area contributed by atoms with Crippen molar-refractivity contribution in [1.29, 1.82) is 0 Å². The van der Waals surface area contributed by atoms with Crippen LogP contribution in [-0.4, -0.2) is 26.5 Å². The molecule has 33 heavy (non-hydrogen) atoms. The van der Waals surface area contributed by atoms with Crippen molar-refractivity contribution in [2.75, 3.05) is 12.4 Å². The van der Waals surface area contributed by atoms with Crippen LogP contribution in [0.3, 0.4) is 0 Å². The number of anilines is 1. The molecule has 0 spiro atoms. The van der Waals surface area contributed by atoms with E-state index in [0.717, 1.165) is 18.2 Å². The molecule has 10 heteroatoms. The number of fused-ring (bicyclic) bond motifs is 2. The molecule has 4 heterocycles. The van der Waals surface area contributed by atoms with Gasteiger partial charge in [0.2, 0.25) is 0 Å². The average molecular weight is 453 g/mol. The second-order valence-corrected chi connectivity index (χ2v) is 7.23. The minimum Gasteiger partial charge on any atom is -0.495 e. The zero-order valence-corrected chi connectivity index (χ0v) is 17.1. The SMILES string of the molecule is COc1cnc2c(NCc3cnc4c(F)cc(-c5cc(F)c(F)c(F)c5)cn34)ccnc2c1. The van der Waals surface area contributed by atoms with Crippen molar-refractivity contribution in [3.05, 3.63) is 84.1 Å². The maximum atomic E-state index is 14.7. The minimum absolute atomic E-state index is 0.00177. The maximum absolute atomic E-state index is 14.7. The molecule has 0 aliphatic rings. The fourth-order valence-electron chi connectivity index (χ4n) is 3.56. The molecule has 166 valence electrons. The Balaban J connectivity index is 1.50. The molecule has 6 nitrogen and oxygen atoms in total. The van der Waals surface area contributed by atoms with Crippen LogP contribution in [0.4, 0.5) is 23.2 Å². The number of nitrogens with zero attached hydrogens (tertiary/aromatic N) is 4. The molecule has 0 aliphatic heterocycles. The molecule has 5 aromatic rings. The Kier molecular flexibility index (Phi) is 5.04. The highest BCUT2D eigenvalue weighted by Crippen LogP contribution is 2.27. The van der Waals surface area contributed by atoms with Crippen molar-refractivity contribution in [3.63, 3.8) is 0 Å². The molecule has 0 radical (unpaired) electrons. The first kappa shape index (κ1) is 20.7. The van der Waals surface area contributed by atoms with E-state index >= 15 is 0 Å². The largest absolute Gasteiger partial charge is 0.495 e. The van der Waals surface area contributed by atoms with E-state index in [1.165, 1.54) is 23.9 Å². The number of hydrogen-bond donors (Lipinski definition) is 1. The summed E-state index contributed by atoms with van der Waals surface area (Å²) in [6, 6.07) is 6.23. The summed E-state index contributed by atoms with van der Waals surface area (Å²) in [5, 5.41) is 3.23. The highest BCUT2D eigenvalue weighted by Gasteiger charge is 2.15. The Bertz CT molecular complexity index is 1500. The van der Waals surface area contributed by atoms with E-state index < -0.39 is 23.3 Å². The zero-order valence-electron chi connectivity index (χ0n) is 17.1. The third-order valence-corrected chi connectivity index (χ3v) is 5.20. The molecule has 1 aromatic carbocycles. The van der Waals surface area contributed by atoms with Crippen LogP contribution in [0.1, 0.15) is 5.69 Å². The molecule has 0 amide bonds. The standard InChI is InChI=1S/C23H15F4N5O/c1-33-15-7-20-22(30-10-15)19(2-3-28-20)29-8-14-9-31-23-18(26)6-13(11-32(14)23)12-4-16(24)21(27)17(25)5-12/h2-7,9-11H,8H2,1H3,(H,28,29). The topological polar surface area (TPSA) is 64.3 Å². The summed E-state index contributed by atoms with van der Waals surface area (Å²) in [4.78, 5) is 12.8. The van der Waals surface area contributed by atoms with Gasteiger partial charge in [0, 0.05) is 24.0 Å². The Morgan fingerprint density at radius 1 is 0.909 bits per heavy atom. The van der Waals surface area contributed by atoms with Gasteiger partial charge in [-0.3, -0.25) is 9.38 Å². The lowest BCUT2D eigenvalue weighted by atomic mass is 10.1. The van der Waals surface area contributed by atoms with E-state index in [1.54, 1.807) is 24.5 Å². The van der Waals surface area contributed by atoms with E-state index in [4.69, 9.17) is 4.74 Å². The highest BCUT2D eigenvalue weighted by molar-refractivity contribution is 5.87. The van der Waals surface area contributed by atoms with E-state index in [0.29, 0.717) is 28.2 Å². The number of hydrogen-bond acceptors (Lipinski definition) is 5. The number of methoxy groups -OCH3 is 1. The Labute approximate surface area is 184 Å². The Morgan fingerprint density at radius 3 is 2.42 bits per heavy atom. The van der Waals surface area contributed by atoms with Gasteiger partial charge in [0.25, 0.3) is 0 Å². The summed E-state index contributed by atoms with van der Waals surface area (Å²) in [7, 11) is 1.54. The number of aromatic nitrogens is 4. The van der Waals surface area contributed by atoms with Gasteiger partial charge >= 0.3 is 0 Å². The van der Waals surface area contributed by atoms with Crippen molar-refractivity contribution in [3.8, 4) is 16.9 Å². The van der Waals surface area contributed by atoms with Crippen molar-refractivity contribution in [1.82, 2.24) is 19.4 Å². The monoisotopic (exact) mass is 453 g/mol. The van der Waals surface area contributed by atoms with Crippen molar-refractivity contribution in [2.45, 2.75) is 6.54 Å². The molecular weight excluding hydrogens is 438 g/mol. The summed E-state index contributed by atoms with van der Waals surface area (Å²) in [5.41, 5.74) is 2.73. The first-order valence-electron chi connectivity index (χ1n) is 9.77. The van der Waals surface area contributed by atoms with Gasteiger partial charge in [0.15, 0.2) is 28.9 Å². The molecule has 0 saturated heterocycles.